The molecular formula is C13H21ClN6. The molecule has 0 saturated carbocycles. The normalized spacial score (nSPS) is 12.8. The third-order valence-electron chi connectivity index (χ3n) is 3.28. The van der Waals surface area contributed by atoms with Crippen molar-refractivity contribution in [2.45, 2.75) is 46.2 Å². The van der Waals surface area contributed by atoms with Gasteiger partial charge in [-0.15, -0.1) is 0 Å². The van der Waals surface area contributed by atoms with Crippen molar-refractivity contribution in [1.82, 2.24) is 30.5 Å². The molecule has 20 heavy (non-hydrogen) atoms. The van der Waals surface area contributed by atoms with Crippen LogP contribution in [0, 0.1) is 6.92 Å². The van der Waals surface area contributed by atoms with E-state index in [0.29, 0.717) is 0 Å². The minimum Gasteiger partial charge on any atom is -0.308 e. The van der Waals surface area contributed by atoms with Crippen molar-refractivity contribution < 1.29 is 0 Å². The van der Waals surface area contributed by atoms with Crippen molar-refractivity contribution in [2.24, 2.45) is 0 Å². The van der Waals surface area contributed by atoms with E-state index >= 15 is 0 Å². The summed E-state index contributed by atoms with van der Waals surface area (Å²) in [7, 11) is 0. The van der Waals surface area contributed by atoms with E-state index in [2.05, 4.69) is 39.7 Å². The molecule has 0 aromatic carbocycles. The molecule has 0 aliphatic carbocycles. The highest BCUT2D eigenvalue weighted by Gasteiger charge is 2.20. The van der Waals surface area contributed by atoms with Crippen LogP contribution < -0.4 is 5.32 Å². The molecular weight excluding hydrogens is 276 g/mol. The van der Waals surface area contributed by atoms with Gasteiger partial charge in [0.1, 0.15) is 0 Å². The molecule has 0 spiro atoms. The first-order chi connectivity index (χ1) is 9.67. The van der Waals surface area contributed by atoms with Crippen LogP contribution >= 0.6 is 11.6 Å². The van der Waals surface area contributed by atoms with E-state index in [1.165, 1.54) is 0 Å². The van der Waals surface area contributed by atoms with Gasteiger partial charge in [-0.2, -0.15) is 20.5 Å². The van der Waals surface area contributed by atoms with Gasteiger partial charge in [0.2, 0.25) is 0 Å². The topological polar surface area (TPSA) is 71.4 Å². The van der Waals surface area contributed by atoms with E-state index in [9.17, 15) is 0 Å². The van der Waals surface area contributed by atoms with Crippen LogP contribution in [-0.2, 0) is 13.0 Å². The van der Waals surface area contributed by atoms with Crippen molar-refractivity contribution in [1.29, 1.82) is 0 Å². The van der Waals surface area contributed by atoms with Crippen molar-refractivity contribution in [3.8, 4) is 0 Å². The van der Waals surface area contributed by atoms with Gasteiger partial charge in [0, 0.05) is 13.0 Å². The summed E-state index contributed by atoms with van der Waals surface area (Å²) in [6.07, 6.45) is 3.56. The Balaban J connectivity index is 2.23. The predicted molar refractivity (Wildman–Crippen MR) is 78.8 cm³/mol. The Morgan fingerprint density at radius 3 is 2.85 bits per heavy atom. The summed E-state index contributed by atoms with van der Waals surface area (Å²) in [6, 6.07) is 0.0904. The summed E-state index contributed by atoms with van der Waals surface area (Å²) in [4.78, 5) is 0. The number of aromatic amines is 1. The quantitative estimate of drug-likeness (QED) is 0.822. The average Bonchev–Trinajstić information content (AvgIpc) is 3.06. The van der Waals surface area contributed by atoms with Gasteiger partial charge >= 0.3 is 0 Å². The summed E-state index contributed by atoms with van der Waals surface area (Å²) < 4.78 is 1.96. The molecule has 110 valence electrons. The van der Waals surface area contributed by atoms with E-state index in [4.69, 9.17) is 11.6 Å². The Morgan fingerprint density at radius 1 is 1.45 bits per heavy atom. The van der Waals surface area contributed by atoms with E-state index in [-0.39, 0.29) is 6.04 Å². The van der Waals surface area contributed by atoms with Crippen LogP contribution in [0.3, 0.4) is 0 Å². The monoisotopic (exact) mass is 296 g/mol. The zero-order chi connectivity index (χ0) is 14.5. The Morgan fingerprint density at radius 2 is 2.25 bits per heavy atom. The second-order valence-corrected chi connectivity index (χ2v) is 5.15. The minimum atomic E-state index is 0.0904. The van der Waals surface area contributed by atoms with Crippen LogP contribution in [0.15, 0.2) is 6.20 Å². The first-order valence-electron chi connectivity index (χ1n) is 6.98. The maximum absolute atomic E-state index is 6.38. The fourth-order valence-electron chi connectivity index (χ4n) is 2.24. The SMILES string of the molecule is CCCNC(Cc1c(Cl)c(C)nn1CC)c1cn[nH]n1. The van der Waals surface area contributed by atoms with E-state index in [1.54, 1.807) is 6.20 Å². The van der Waals surface area contributed by atoms with E-state index in [0.717, 1.165) is 48.0 Å². The van der Waals surface area contributed by atoms with Crippen LogP contribution in [0.5, 0.6) is 0 Å². The van der Waals surface area contributed by atoms with Crippen LogP contribution in [-0.4, -0.2) is 31.7 Å². The van der Waals surface area contributed by atoms with Crippen LogP contribution in [0.4, 0.5) is 0 Å². The molecule has 2 heterocycles. The number of hydrogen-bond donors (Lipinski definition) is 2. The molecule has 2 aromatic heterocycles. The Kier molecular flexibility index (Phi) is 5.14. The number of nitrogens with zero attached hydrogens (tertiary/aromatic N) is 4. The van der Waals surface area contributed by atoms with Gasteiger partial charge in [-0.3, -0.25) is 4.68 Å². The molecule has 0 fully saturated rings. The third-order valence-corrected chi connectivity index (χ3v) is 3.77. The summed E-state index contributed by atoms with van der Waals surface area (Å²) in [5, 5.41) is 19.4. The average molecular weight is 297 g/mol. The lowest BCUT2D eigenvalue weighted by Gasteiger charge is -2.16. The maximum atomic E-state index is 6.38. The Bertz CT molecular complexity index is 533. The number of nitrogens with one attached hydrogen (secondary N) is 2. The summed E-state index contributed by atoms with van der Waals surface area (Å²) in [6.45, 7) is 7.87. The van der Waals surface area contributed by atoms with Gasteiger partial charge in [-0.1, -0.05) is 18.5 Å². The van der Waals surface area contributed by atoms with Crippen molar-refractivity contribution >= 4 is 11.6 Å². The van der Waals surface area contributed by atoms with E-state index in [1.807, 2.05) is 11.6 Å². The number of aromatic nitrogens is 5. The van der Waals surface area contributed by atoms with E-state index < -0.39 is 0 Å². The fraction of sp³-hybridized carbons (Fsp3) is 0.615. The van der Waals surface area contributed by atoms with Crippen LogP contribution in [0.25, 0.3) is 0 Å². The second kappa shape index (κ2) is 6.85. The molecule has 6 nitrogen and oxygen atoms in total. The Hall–Kier alpha value is -1.40. The molecule has 2 N–H and O–H groups in total. The van der Waals surface area contributed by atoms with Gasteiger partial charge in [0.05, 0.1) is 34.3 Å². The molecule has 0 amide bonds. The van der Waals surface area contributed by atoms with Gasteiger partial charge in [-0.05, 0) is 26.8 Å². The lowest BCUT2D eigenvalue weighted by molar-refractivity contribution is 0.493. The molecule has 0 aliphatic heterocycles. The number of hydrogen-bond acceptors (Lipinski definition) is 4. The smallest absolute Gasteiger partial charge is 0.0997 e. The number of H-pyrrole nitrogens is 1. The Labute approximate surface area is 123 Å². The molecule has 1 atom stereocenters. The zero-order valence-electron chi connectivity index (χ0n) is 12.1. The molecule has 7 heteroatoms. The standard InChI is InChI=1S/C13H21ClN6/c1-4-6-15-10(11-8-16-19-17-11)7-12-13(14)9(3)18-20(12)5-2/h8,10,15H,4-7H2,1-3H3,(H,16,17,19). The molecule has 0 aliphatic rings. The predicted octanol–water partition coefficient (Wildman–Crippen LogP) is 2.27. The number of rotatable bonds is 7. The number of aryl methyl sites for hydroxylation is 2. The van der Waals surface area contributed by atoms with Gasteiger partial charge in [-0.25, -0.2) is 0 Å². The second-order valence-electron chi connectivity index (χ2n) is 4.77. The molecule has 2 aromatic rings. The highest BCUT2D eigenvalue weighted by atomic mass is 35.5. The highest BCUT2D eigenvalue weighted by molar-refractivity contribution is 6.31. The zero-order valence-corrected chi connectivity index (χ0v) is 12.9. The molecule has 0 radical (unpaired) electrons. The van der Waals surface area contributed by atoms with Crippen molar-refractivity contribution in [3.05, 3.63) is 28.3 Å². The first-order valence-corrected chi connectivity index (χ1v) is 7.36. The third kappa shape index (κ3) is 3.19. The van der Waals surface area contributed by atoms with Gasteiger partial charge in [0.25, 0.3) is 0 Å². The van der Waals surface area contributed by atoms with Crippen molar-refractivity contribution in [2.75, 3.05) is 6.54 Å². The molecule has 1 unspecified atom stereocenters. The van der Waals surface area contributed by atoms with Gasteiger partial charge in [0.15, 0.2) is 0 Å². The largest absolute Gasteiger partial charge is 0.308 e. The lowest BCUT2D eigenvalue weighted by atomic mass is 10.1. The minimum absolute atomic E-state index is 0.0904. The summed E-state index contributed by atoms with van der Waals surface area (Å²) in [5.41, 5.74) is 2.82. The van der Waals surface area contributed by atoms with Crippen molar-refractivity contribution in [3.63, 3.8) is 0 Å². The van der Waals surface area contributed by atoms with Gasteiger partial charge < -0.3 is 5.32 Å². The first kappa shape index (κ1) is 15.0. The maximum Gasteiger partial charge on any atom is 0.0997 e. The van der Waals surface area contributed by atoms with Crippen LogP contribution in [0.2, 0.25) is 5.02 Å². The lowest BCUT2D eigenvalue weighted by Crippen LogP contribution is -2.25. The molecule has 0 saturated heterocycles. The van der Waals surface area contributed by atoms with Crippen LogP contribution in [0.1, 0.15) is 43.4 Å². The fourth-order valence-corrected chi connectivity index (χ4v) is 2.45. The number of halogens is 1. The summed E-state index contributed by atoms with van der Waals surface area (Å²) in [5.74, 6) is 0. The summed E-state index contributed by atoms with van der Waals surface area (Å²) >= 11 is 6.38. The molecule has 0 bridgehead atoms. The highest BCUT2D eigenvalue weighted by Crippen LogP contribution is 2.25. The molecule has 2 rings (SSSR count).